The lowest BCUT2D eigenvalue weighted by molar-refractivity contribution is 0.628. The van der Waals surface area contributed by atoms with Gasteiger partial charge in [-0.3, -0.25) is 0 Å². The molecule has 10 heavy (non-hydrogen) atoms. The number of halogens is 2. The highest BCUT2D eigenvalue weighted by molar-refractivity contribution is 9.10. The van der Waals surface area contributed by atoms with E-state index in [4.69, 9.17) is 5.84 Å². The Balaban J connectivity index is 3.03. The third-order valence-corrected chi connectivity index (χ3v) is 1.46. The molecule has 4 heteroatoms. The van der Waals surface area contributed by atoms with E-state index in [1.54, 1.807) is 18.2 Å². The van der Waals surface area contributed by atoms with Crippen molar-refractivity contribution < 1.29 is 4.39 Å². The Morgan fingerprint density at radius 3 is 2.40 bits per heavy atom. The molecule has 0 aliphatic rings. The van der Waals surface area contributed by atoms with Crippen molar-refractivity contribution in [2.45, 2.75) is 0 Å². The van der Waals surface area contributed by atoms with Crippen molar-refractivity contribution in [2.75, 3.05) is 4.03 Å². The smallest absolute Gasteiger partial charge is 0.148 e. The van der Waals surface area contributed by atoms with E-state index in [1.807, 2.05) is 0 Å². The lowest BCUT2D eigenvalue weighted by atomic mass is 10.3. The SMILES string of the molecule is NN(Br)c1ccccc1F. The number of hydrazine groups is 1. The monoisotopic (exact) mass is 204 g/mol. The second-order valence-electron chi connectivity index (χ2n) is 1.76. The predicted octanol–water partition coefficient (Wildman–Crippen LogP) is 1.82. The first-order chi connectivity index (χ1) is 4.72. The summed E-state index contributed by atoms with van der Waals surface area (Å²) in [6, 6.07) is 6.23. The average molecular weight is 205 g/mol. The Labute approximate surface area is 66.7 Å². The van der Waals surface area contributed by atoms with Crippen molar-refractivity contribution in [1.82, 2.24) is 0 Å². The molecule has 0 saturated heterocycles. The Hall–Kier alpha value is -0.610. The van der Waals surface area contributed by atoms with Gasteiger partial charge < -0.3 is 0 Å². The summed E-state index contributed by atoms with van der Waals surface area (Å²) in [5.41, 5.74) is 0.322. The summed E-state index contributed by atoms with van der Waals surface area (Å²) in [4.78, 5) is 0. The second-order valence-corrected chi connectivity index (χ2v) is 2.53. The van der Waals surface area contributed by atoms with E-state index >= 15 is 0 Å². The third-order valence-electron chi connectivity index (χ3n) is 1.08. The Morgan fingerprint density at radius 1 is 1.40 bits per heavy atom. The zero-order valence-corrected chi connectivity index (χ0v) is 6.68. The number of hydrogen-bond donors (Lipinski definition) is 1. The van der Waals surface area contributed by atoms with Crippen LogP contribution in [-0.2, 0) is 0 Å². The van der Waals surface area contributed by atoms with E-state index in [2.05, 4.69) is 16.1 Å². The van der Waals surface area contributed by atoms with Crippen molar-refractivity contribution >= 4 is 21.8 Å². The molecular formula is C6H6BrFN2. The van der Waals surface area contributed by atoms with Crippen LogP contribution in [0.4, 0.5) is 10.1 Å². The maximum Gasteiger partial charge on any atom is 0.148 e. The Kier molecular flexibility index (Phi) is 2.24. The summed E-state index contributed by atoms with van der Waals surface area (Å²) < 4.78 is 13.7. The minimum Gasteiger partial charge on any atom is -0.242 e. The largest absolute Gasteiger partial charge is 0.242 e. The first kappa shape index (κ1) is 7.50. The summed E-state index contributed by atoms with van der Waals surface area (Å²) in [6.45, 7) is 0. The fourth-order valence-corrected chi connectivity index (χ4v) is 0.913. The van der Waals surface area contributed by atoms with E-state index in [9.17, 15) is 4.39 Å². The van der Waals surface area contributed by atoms with Gasteiger partial charge in [0.1, 0.15) is 11.5 Å². The van der Waals surface area contributed by atoms with E-state index < -0.39 is 0 Å². The van der Waals surface area contributed by atoms with E-state index in [0.29, 0.717) is 5.69 Å². The summed E-state index contributed by atoms with van der Waals surface area (Å²) in [7, 11) is 0. The number of rotatable bonds is 1. The van der Waals surface area contributed by atoms with E-state index in [-0.39, 0.29) is 5.82 Å². The number of hydrogen-bond acceptors (Lipinski definition) is 2. The molecular weight excluding hydrogens is 199 g/mol. The standard InChI is InChI=1S/C6H6BrFN2/c7-10(9)6-4-2-1-3-5(6)8/h1-4H,9H2. The van der Waals surface area contributed by atoms with E-state index in [0.717, 1.165) is 4.03 Å². The second kappa shape index (κ2) is 2.98. The highest BCUT2D eigenvalue weighted by Crippen LogP contribution is 2.17. The van der Waals surface area contributed by atoms with E-state index in [1.165, 1.54) is 6.07 Å². The highest BCUT2D eigenvalue weighted by Gasteiger charge is 2.01. The molecule has 1 rings (SSSR count). The summed E-state index contributed by atoms with van der Waals surface area (Å²) >= 11 is 2.90. The maximum atomic E-state index is 12.7. The molecule has 0 aliphatic carbocycles. The van der Waals surface area contributed by atoms with Crippen LogP contribution in [0.25, 0.3) is 0 Å². The average Bonchev–Trinajstić information content (AvgIpc) is 1.88. The molecule has 0 aromatic heterocycles. The van der Waals surface area contributed by atoms with Crippen molar-refractivity contribution in [3.8, 4) is 0 Å². The van der Waals surface area contributed by atoms with Crippen LogP contribution in [-0.4, -0.2) is 0 Å². The van der Waals surface area contributed by atoms with Gasteiger partial charge in [-0.1, -0.05) is 12.1 Å². The van der Waals surface area contributed by atoms with Crippen LogP contribution in [0.5, 0.6) is 0 Å². The lowest BCUT2D eigenvalue weighted by Gasteiger charge is -2.08. The van der Waals surface area contributed by atoms with Crippen LogP contribution < -0.4 is 9.88 Å². The fourth-order valence-electron chi connectivity index (χ4n) is 0.625. The Morgan fingerprint density at radius 2 is 2.00 bits per heavy atom. The fraction of sp³-hybridized carbons (Fsp3) is 0. The molecule has 0 bridgehead atoms. The van der Waals surface area contributed by atoms with Gasteiger partial charge in [-0.05, 0) is 12.1 Å². The number of nitrogens with zero attached hydrogens (tertiary/aromatic N) is 1. The minimum atomic E-state index is -0.345. The molecule has 0 saturated carbocycles. The zero-order valence-electron chi connectivity index (χ0n) is 5.09. The molecule has 2 N–H and O–H groups in total. The molecule has 1 aromatic carbocycles. The Bertz CT molecular complexity index is 227. The number of nitrogens with two attached hydrogens (primary N) is 1. The molecule has 0 atom stereocenters. The molecule has 2 nitrogen and oxygen atoms in total. The first-order valence-electron chi connectivity index (χ1n) is 2.67. The molecule has 0 aliphatic heterocycles. The van der Waals surface area contributed by atoms with Gasteiger partial charge in [-0.2, -0.15) is 0 Å². The van der Waals surface area contributed by atoms with Gasteiger partial charge in [0.25, 0.3) is 0 Å². The van der Waals surface area contributed by atoms with Gasteiger partial charge in [0, 0.05) is 0 Å². The van der Waals surface area contributed by atoms with Crippen molar-refractivity contribution in [3.05, 3.63) is 30.1 Å². The molecule has 0 radical (unpaired) electrons. The number of para-hydroxylation sites is 1. The molecule has 0 spiro atoms. The number of benzene rings is 1. The van der Waals surface area contributed by atoms with Crippen LogP contribution in [0.15, 0.2) is 24.3 Å². The van der Waals surface area contributed by atoms with Gasteiger partial charge in [-0.15, -0.1) is 0 Å². The normalized spacial score (nSPS) is 9.50. The predicted molar refractivity (Wildman–Crippen MR) is 42.0 cm³/mol. The molecule has 0 fully saturated rings. The minimum absolute atomic E-state index is 0.322. The quantitative estimate of drug-likeness (QED) is 0.430. The highest BCUT2D eigenvalue weighted by atomic mass is 79.9. The summed E-state index contributed by atoms with van der Waals surface area (Å²) in [5, 5.41) is 0. The van der Waals surface area contributed by atoms with Crippen LogP contribution in [0.2, 0.25) is 0 Å². The van der Waals surface area contributed by atoms with Gasteiger partial charge in [0.15, 0.2) is 0 Å². The van der Waals surface area contributed by atoms with Gasteiger partial charge in [0.05, 0.1) is 16.1 Å². The lowest BCUT2D eigenvalue weighted by Crippen LogP contribution is -2.18. The molecule has 0 heterocycles. The topological polar surface area (TPSA) is 29.3 Å². The summed E-state index contributed by atoms with van der Waals surface area (Å²) in [5.74, 6) is 4.88. The van der Waals surface area contributed by atoms with Gasteiger partial charge in [-0.25, -0.2) is 14.3 Å². The zero-order chi connectivity index (χ0) is 7.56. The first-order valence-corrected chi connectivity index (χ1v) is 3.38. The maximum absolute atomic E-state index is 12.7. The molecule has 0 unspecified atom stereocenters. The van der Waals surface area contributed by atoms with Gasteiger partial charge in [0.2, 0.25) is 0 Å². The molecule has 0 amide bonds. The van der Waals surface area contributed by atoms with Crippen molar-refractivity contribution in [1.29, 1.82) is 0 Å². The van der Waals surface area contributed by atoms with Crippen LogP contribution in [0.3, 0.4) is 0 Å². The van der Waals surface area contributed by atoms with Crippen LogP contribution in [0.1, 0.15) is 0 Å². The third kappa shape index (κ3) is 1.46. The van der Waals surface area contributed by atoms with Crippen molar-refractivity contribution in [2.24, 2.45) is 5.84 Å². The molecule has 1 aromatic rings. The van der Waals surface area contributed by atoms with Crippen LogP contribution >= 0.6 is 16.1 Å². The van der Waals surface area contributed by atoms with Crippen molar-refractivity contribution in [3.63, 3.8) is 0 Å². The number of anilines is 1. The van der Waals surface area contributed by atoms with Gasteiger partial charge >= 0.3 is 0 Å². The summed E-state index contributed by atoms with van der Waals surface area (Å²) in [6.07, 6.45) is 0. The van der Waals surface area contributed by atoms with Crippen LogP contribution in [0, 0.1) is 5.82 Å². The molecule has 54 valence electrons.